The Morgan fingerprint density at radius 1 is 1.10 bits per heavy atom. The lowest BCUT2D eigenvalue weighted by molar-refractivity contribution is -0.306. The normalized spacial score (nSPS) is 17.1. The topological polar surface area (TPSA) is 20.2 Å². The Morgan fingerprint density at radius 2 is 1.40 bits per heavy atom. The molecule has 0 aliphatic heterocycles. The van der Waals surface area contributed by atoms with Crippen LogP contribution in [0.3, 0.4) is 0 Å². The highest BCUT2D eigenvalue weighted by molar-refractivity contribution is 4.85. The van der Waals surface area contributed by atoms with Crippen molar-refractivity contribution in [1.82, 2.24) is 0 Å². The maximum atomic E-state index is 11.6. The molecule has 0 rings (SSSR count). The Kier molecular flexibility index (Phi) is 2.24. The van der Waals surface area contributed by atoms with E-state index in [0.717, 1.165) is 0 Å². The molecular formula is C4H4F5O. The van der Waals surface area contributed by atoms with Gasteiger partial charge in [0.05, 0.1) is 0 Å². The largest absolute Gasteiger partial charge is 0.456 e. The van der Waals surface area contributed by atoms with Gasteiger partial charge in [0.25, 0.3) is 0 Å². The van der Waals surface area contributed by atoms with E-state index < -0.39 is 18.2 Å². The Morgan fingerprint density at radius 3 is 1.40 bits per heavy atom. The minimum atomic E-state index is -5.73. The molecule has 6 heteroatoms. The molecule has 0 aromatic heterocycles. The van der Waals surface area contributed by atoms with Crippen LogP contribution in [0.15, 0.2) is 0 Å². The fourth-order valence-corrected chi connectivity index (χ4v) is 0.189. The standard InChI is InChI=1S/C4H4F5O/c1-2(10)3(5,6)4(7,8)9/h2,10H,1H2. The Bertz CT molecular complexity index is 115. The SMILES string of the molecule is [CH2]C(O)C(F)(F)C(F)(F)F. The van der Waals surface area contributed by atoms with Crippen molar-refractivity contribution in [3.63, 3.8) is 0 Å². The van der Waals surface area contributed by atoms with E-state index >= 15 is 0 Å². The second-order valence-corrected chi connectivity index (χ2v) is 1.64. The molecule has 0 aliphatic rings. The van der Waals surface area contributed by atoms with Gasteiger partial charge in [-0.15, -0.1) is 0 Å². The lowest BCUT2D eigenvalue weighted by Crippen LogP contribution is -2.45. The van der Waals surface area contributed by atoms with Crippen molar-refractivity contribution in [3.05, 3.63) is 6.92 Å². The first-order valence-corrected chi connectivity index (χ1v) is 2.15. The molecule has 0 saturated carbocycles. The maximum absolute atomic E-state index is 11.6. The van der Waals surface area contributed by atoms with Crippen molar-refractivity contribution in [2.75, 3.05) is 0 Å². The molecule has 1 N–H and O–H groups in total. The van der Waals surface area contributed by atoms with Gasteiger partial charge in [-0.1, -0.05) is 0 Å². The molecule has 0 fully saturated rings. The fraction of sp³-hybridized carbons (Fsp3) is 0.750. The van der Waals surface area contributed by atoms with E-state index in [2.05, 4.69) is 6.92 Å². The van der Waals surface area contributed by atoms with Crippen LogP contribution in [-0.2, 0) is 0 Å². The molecular weight excluding hydrogens is 159 g/mol. The van der Waals surface area contributed by atoms with Gasteiger partial charge in [0.15, 0.2) is 0 Å². The van der Waals surface area contributed by atoms with Crippen molar-refractivity contribution < 1.29 is 27.1 Å². The quantitative estimate of drug-likeness (QED) is 0.579. The van der Waals surface area contributed by atoms with Crippen LogP contribution >= 0.6 is 0 Å². The van der Waals surface area contributed by atoms with Gasteiger partial charge in [-0.25, -0.2) is 0 Å². The zero-order chi connectivity index (χ0) is 8.58. The highest BCUT2D eigenvalue weighted by Crippen LogP contribution is 2.37. The van der Waals surface area contributed by atoms with Gasteiger partial charge < -0.3 is 5.11 Å². The molecule has 0 heterocycles. The molecule has 0 aliphatic carbocycles. The van der Waals surface area contributed by atoms with Crippen LogP contribution in [0.5, 0.6) is 0 Å². The van der Waals surface area contributed by atoms with Crippen molar-refractivity contribution in [2.24, 2.45) is 0 Å². The lowest BCUT2D eigenvalue weighted by Gasteiger charge is -2.21. The van der Waals surface area contributed by atoms with Crippen LogP contribution < -0.4 is 0 Å². The highest BCUT2D eigenvalue weighted by atomic mass is 19.4. The molecule has 0 aromatic carbocycles. The molecule has 0 amide bonds. The summed E-state index contributed by atoms with van der Waals surface area (Å²) in [6, 6.07) is 0. The maximum Gasteiger partial charge on any atom is 0.456 e. The smallest absolute Gasteiger partial charge is 0.386 e. The van der Waals surface area contributed by atoms with Crippen LogP contribution in [0, 0.1) is 6.92 Å². The van der Waals surface area contributed by atoms with E-state index in [-0.39, 0.29) is 0 Å². The second kappa shape index (κ2) is 2.34. The number of hydrogen-bond donors (Lipinski definition) is 1. The summed E-state index contributed by atoms with van der Waals surface area (Å²) >= 11 is 0. The molecule has 1 nitrogen and oxygen atoms in total. The van der Waals surface area contributed by atoms with Crippen molar-refractivity contribution >= 4 is 0 Å². The molecule has 0 aromatic rings. The number of aliphatic hydroxyl groups excluding tert-OH is 1. The van der Waals surface area contributed by atoms with Gasteiger partial charge in [-0.2, -0.15) is 22.0 Å². The molecule has 0 bridgehead atoms. The van der Waals surface area contributed by atoms with E-state index in [9.17, 15) is 22.0 Å². The lowest BCUT2D eigenvalue weighted by atomic mass is 10.2. The van der Waals surface area contributed by atoms with E-state index in [1.807, 2.05) is 0 Å². The summed E-state index contributed by atoms with van der Waals surface area (Å²) in [5.74, 6) is -5.12. The number of halogens is 5. The highest BCUT2D eigenvalue weighted by Gasteiger charge is 2.60. The molecule has 10 heavy (non-hydrogen) atoms. The van der Waals surface area contributed by atoms with Crippen LogP contribution in [0.2, 0.25) is 0 Å². The first-order valence-electron chi connectivity index (χ1n) is 2.15. The predicted molar refractivity (Wildman–Crippen MR) is 22.4 cm³/mol. The molecule has 61 valence electrons. The first kappa shape index (κ1) is 9.61. The van der Waals surface area contributed by atoms with Gasteiger partial charge >= 0.3 is 12.1 Å². The Balaban J connectivity index is 4.40. The van der Waals surface area contributed by atoms with Crippen molar-refractivity contribution in [3.8, 4) is 0 Å². The average Bonchev–Trinajstić information content (AvgIpc) is 1.62. The number of aliphatic hydroxyl groups is 1. The molecule has 0 saturated heterocycles. The summed E-state index contributed by atoms with van der Waals surface area (Å²) in [6.45, 7) is 2.16. The van der Waals surface area contributed by atoms with Crippen LogP contribution in [-0.4, -0.2) is 23.3 Å². The number of hydrogen-bond acceptors (Lipinski definition) is 1. The second-order valence-electron chi connectivity index (χ2n) is 1.64. The Hall–Kier alpha value is -0.390. The fourth-order valence-electron chi connectivity index (χ4n) is 0.189. The van der Waals surface area contributed by atoms with Crippen LogP contribution in [0.4, 0.5) is 22.0 Å². The zero-order valence-corrected chi connectivity index (χ0v) is 4.62. The van der Waals surface area contributed by atoms with E-state index in [4.69, 9.17) is 5.11 Å². The van der Waals surface area contributed by atoms with Crippen molar-refractivity contribution in [2.45, 2.75) is 18.2 Å². The minimum absolute atomic E-state index is 2.16. The van der Waals surface area contributed by atoms with E-state index in [1.165, 1.54) is 0 Å². The third kappa shape index (κ3) is 1.56. The summed E-state index contributed by atoms with van der Waals surface area (Å²) in [5.41, 5.74) is 0. The number of rotatable bonds is 1. The summed E-state index contributed by atoms with van der Waals surface area (Å²) in [5, 5.41) is 7.83. The summed E-state index contributed by atoms with van der Waals surface area (Å²) in [6.07, 6.45) is -8.68. The van der Waals surface area contributed by atoms with Crippen LogP contribution in [0.1, 0.15) is 0 Å². The summed E-state index contributed by atoms with van der Waals surface area (Å²) in [4.78, 5) is 0. The minimum Gasteiger partial charge on any atom is -0.386 e. The average molecular weight is 163 g/mol. The van der Waals surface area contributed by atoms with Crippen LogP contribution in [0.25, 0.3) is 0 Å². The Labute approximate surface area is 53.5 Å². The predicted octanol–water partition coefficient (Wildman–Crippen LogP) is 1.38. The zero-order valence-electron chi connectivity index (χ0n) is 4.62. The first-order chi connectivity index (χ1) is 4.19. The van der Waals surface area contributed by atoms with Gasteiger partial charge in [0.2, 0.25) is 0 Å². The van der Waals surface area contributed by atoms with Gasteiger partial charge in [0.1, 0.15) is 6.10 Å². The molecule has 1 unspecified atom stereocenters. The third-order valence-corrected chi connectivity index (χ3v) is 0.796. The van der Waals surface area contributed by atoms with Gasteiger partial charge in [-0.05, 0) is 6.92 Å². The van der Waals surface area contributed by atoms with Crippen molar-refractivity contribution in [1.29, 1.82) is 0 Å². The van der Waals surface area contributed by atoms with Gasteiger partial charge in [-0.3, -0.25) is 0 Å². The summed E-state index contributed by atoms with van der Waals surface area (Å²) in [7, 11) is 0. The molecule has 1 radical (unpaired) electrons. The van der Waals surface area contributed by atoms with Gasteiger partial charge in [0, 0.05) is 0 Å². The monoisotopic (exact) mass is 163 g/mol. The number of alkyl halides is 5. The third-order valence-electron chi connectivity index (χ3n) is 0.796. The van der Waals surface area contributed by atoms with E-state index in [1.54, 1.807) is 0 Å². The van der Waals surface area contributed by atoms with E-state index in [0.29, 0.717) is 0 Å². The summed E-state index contributed by atoms with van der Waals surface area (Å²) < 4.78 is 56.6. The molecule has 1 atom stereocenters. The molecule has 0 spiro atoms.